The maximum absolute atomic E-state index is 13.1. The normalized spacial score (nSPS) is 15.9. The molecule has 0 spiro atoms. The van der Waals surface area contributed by atoms with Crippen molar-refractivity contribution in [3.8, 4) is 0 Å². The number of piperazine rings is 1. The second-order valence-corrected chi connectivity index (χ2v) is 6.95. The zero-order valence-electron chi connectivity index (χ0n) is 15.7. The predicted octanol–water partition coefficient (Wildman–Crippen LogP) is 2.56. The van der Waals surface area contributed by atoms with Crippen molar-refractivity contribution in [1.82, 2.24) is 9.80 Å². The minimum Gasteiger partial charge on any atom is -0.338 e. The first kappa shape index (κ1) is 20.9. The Balaban J connectivity index is 1.59. The van der Waals surface area contributed by atoms with Gasteiger partial charge in [0.1, 0.15) is 0 Å². The van der Waals surface area contributed by atoms with Gasteiger partial charge >= 0.3 is 6.18 Å². The summed E-state index contributed by atoms with van der Waals surface area (Å²) in [5, 5.41) is 0. The van der Waals surface area contributed by atoms with E-state index in [9.17, 15) is 22.8 Å². The van der Waals surface area contributed by atoms with Crippen molar-refractivity contribution in [3.05, 3.63) is 71.3 Å². The van der Waals surface area contributed by atoms with E-state index in [1.807, 2.05) is 6.07 Å². The highest BCUT2D eigenvalue weighted by Gasteiger charge is 2.34. The number of nitrogens with two attached hydrogens (primary N) is 1. The topological polar surface area (TPSA) is 66.6 Å². The van der Waals surface area contributed by atoms with Crippen LogP contribution in [0.4, 0.5) is 13.2 Å². The molecule has 1 fully saturated rings. The molecule has 0 bridgehead atoms. The fourth-order valence-electron chi connectivity index (χ4n) is 3.43. The Kier molecular flexibility index (Phi) is 6.22. The molecule has 3 rings (SSSR count). The molecule has 0 radical (unpaired) electrons. The lowest BCUT2D eigenvalue weighted by atomic mass is 9.99. The predicted molar refractivity (Wildman–Crippen MR) is 102 cm³/mol. The molecule has 1 aliphatic rings. The molecule has 0 aliphatic carbocycles. The van der Waals surface area contributed by atoms with E-state index in [-0.39, 0.29) is 17.9 Å². The summed E-state index contributed by atoms with van der Waals surface area (Å²) in [5.41, 5.74) is 5.74. The fourth-order valence-corrected chi connectivity index (χ4v) is 3.43. The highest BCUT2D eigenvalue weighted by molar-refractivity contribution is 5.94. The zero-order valence-corrected chi connectivity index (χ0v) is 15.7. The first-order valence-corrected chi connectivity index (χ1v) is 9.31. The third-order valence-corrected chi connectivity index (χ3v) is 4.98. The third-order valence-electron chi connectivity index (χ3n) is 4.98. The quantitative estimate of drug-likeness (QED) is 0.850. The van der Waals surface area contributed by atoms with E-state index in [1.54, 1.807) is 29.2 Å². The number of hydrogen-bond acceptors (Lipinski definition) is 3. The van der Waals surface area contributed by atoms with E-state index in [0.717, 1.165) is 6.07 Å². The molecule has 2 N–H and O–H groups in total. The summed E-state index contributed by atoms with van der Waals surface area (Å²) in [5.74, 6) is -0.519. The number of hydrogen-bond donors (Lipinski definition) is 1. The Morgan fingerprint density at radius 3 is 2.07 bits per heavy atom. The van der Waals surface area contributed by atoms with Crippen LogP contribution in [-0.4, -0.2) is 53.8 Å². The molecule has 1 aliphatic heterocycles. The Hall–Kier alpha value is -2.87. The second kappa shape index (κ2) is 8.65. The molecule has 1 saturated heterocycles. The molecule has 5 nitrogen and oxygen atoms in total. The van der Waals surface area contributed by atoms with Gasteiger partial charge < -0.3 is 15.5 Å². The SMILES string of the molecule is NC(Cc1ccccc1C(F)(F)F)C(=O)N1CCN(C(=O)c2ccccc2)CC1. The van der Waals surface area contributed by atoms with Gasteiger partial charge in [-0.25, -0.2) is 0 Å². The molecule has 29 heavy (non-hydrogen) atoms. The molecule has 2 aromatic rings. The Morgan fingerprint density at radius 1 is 0.897 bits per heavy atom. The highest BCUT2D eigenvalue weighted by Crippen LogP contribution is 2.32. The molecular formula is C21H22F3N3O2. The molecule has 2 amide bonds. The Labute approximate surface area is 166 Å². The molecule has 0 saturated carbocycles. The first-order chi connectivity index (χ1) is 13.8. The molecule has 0 aromatic heterocycles. The monoisotopic (exact) mass is 405 g/mol. The van der Waals surface area contributed by atoms with Crippen LogP contribution in [0.3, 0.4) is 0 Å². The molecule has 1 atom stereocenters. The van der Waals surface area contributed by atoms with Crippen LogP contribution in [0.2, 0.25) is 0 Å². The number of carbonyl (C=O) groups is 2. The standard InChI is InChI=1S/C21H22F3N3O2/c22-21(23,24)17-9-5-4-8-16(17)14-18(25)20(29)27-12-10-26(11-13-27)19(28)15-6-2-1-3-7-15/h1-9,18H,10-14,25H2. The largest absolute Gasteiger partial charge is 0.416 e. The minimum absolute atomic E-state index is 0.00117. The van der Waals surface area contributed by atoms with Crippen molar-refractivity contribution < 1.29 is 22.8 Å². The Morgan fingerprint density at radius 2 is 1.45 bits per heavy atom. The maximum atomic E-state index is 13.1. The van der Waals surface area contributed by atoms with Crippen LogP contribution in [0.25, 0.3) is 0 Å². The number of carbonyl (C=O) groups excluding carboxylic acids is 2. The lowest BCUT2D eigenvalue weighted by molar-refractivity contribution is -0.139. The second-order valence-electron chi connectivity index (χ2n) is 6.95. The van der Waals surface area contributed by atoms with Gasteiger partial charge in [-0.2, -0.15) is 13.2 Å². The smallest absolute Gasteiger partial charge is 0.338 e. The number of alkyl halides is 3. The summed E-state index contributed by atoms with van der Waals surface area (Å²) in [6.07, 6.45) is -4.69. The molecule has 154 valence electrons. The first-order valence-electron chi connectivity index (χ1n) is 9.31. The number of halogens is 3. The van der Waals surface area contributed by atoms with E-state index < -0.39 is 23.7 Å². The summed E-state index contributed by atoms with van der Waals surface area (Å²) in [6, 6.07) is 12.9. The summed E-state index contributed by atoms with van der Waals surface area (Å²) >= 11 is 0. The van der Waals surface area contributed by atoms with Crippen LogP contribution in [0.5, 0.6) is 0 Å². The highest BCUT2D eigenvalue weighted by atomic mass is 19.4. The molecular weight excluding hydrogens is 383 g/mol. The van der Waals surface area contributed by atoms with E-state index in [2.05, 4.69) is 0 Å². The Bertz CT molecular complexity index is 863. The number of benzene rings is 2. The number of rotatable bonds is 4. The van der Waals surface area contributed by atoms with Gasteiger partial charge in [-0.1, -0.05) is 36.4 Å². The summed E-state index contributed by atoms with van der Waals surface area (Å²) in [7, 11) is 0. The van der Waals surface area contributed by atoms with Crippen LogP contribution >= 0.6 is 0 Å². The fraction of sp³-hybridized carbons (Fsp3) is 0.333. The van der Waals surface area contributed by atoms with Crippen LogP contribution in [0.15, 0.2) is 54.6 Å². The number of amides is 2. The molecule has 1 heterocycles. The van der Waals surface area contributed by atoms with Crippen molar-refractivity contribution in [2.75, 3.05) is 26.2 Å². The summed E-state index contributed by atoms with van der Waals surface area (Å²) in [4.78, 5) is 28.3. The third kappa shape index (κ3) is 4.95. The van der Waals surface area contributed by atoms with Crippen molar-refractivity contribution in [3.63, 3.8) is 0 Å². The van der Waals surface area contributed by atoms with Gasteiger partial charge in [-0.3, -0.25) is 9.59 Å². The van der Waals surface area contributed by atoms with Gasteiger partial charge in [0.25, 0.3) is 5.91 Å². The zero-order chi connectivity index (χ0) is 21.0. The maximum Gasteiger partial charge on any atom is 0.416 e. The van der Waals surface area contributed by atoms with Crippen molar-refractivity contribution in [1.29, 1.82) is 0 Å². The summed E-state index contributed by atoms with van der Waals surface area (Å²) < 4.78 is 39.4. The number of nitrogens with zero attached hydrogens (tertiary/aromatic N) is 2. The van der Waals surface area contributed by atoms with Crippen LogP contribution in [0, 0.1) is 0 Å². The lowest BCUT2D eigenvalue weighted by Gasteiger charge is -2.36. The minimum atomic E-state index is -4.50. The molecule has 2 aromatic carbocycles. The van der Waals surface area contributed by atoms with Crippen molar-refractivity contribution in [2.45, 2.75) is 18.6 Å². The van der Waals surface area contributed by atoms with Crippen molar-refractivity contribution >= 4 is 11.8 Å². The van der Waals surface area contributed by atoms with Crippen LogP contribution < -0.4 is 5.73 Å². The average Bonchev–Trinajstić information content (AvgIpc) is 2.73. The van der Waals surface area contributed by atoms with E-state index >= 15 is 0 Å². The lowest BCUT2D eigenvalue weighted by Crippen LogP contribution is -2.54. The van der Waals surface area contributed by atoms with E-state index in [1.165, 1.54) is 23.1 Å². The van der Waals surface area contributed by atoms with E-state index in [0.29, 0.717) is 31.7 Å². The molecule has 1 unspecified atom stereocenters. The van der Waals surface area contributed by atoms with Gasteiger partial charge in [0, 0.05) is 31.7 Å². The van der Waals surface area contributed by atoms with Gasteiger partial charge in [-0.05, 0) is 30.2 Å². The van der Waals surface area contributed by atoms with Crippen LogP contribution in [0.1, 0.15) is 21.5 Å². The average molecular weight is 405 g/mol. The van der Waals surface area contributed by atoms with Gasteiger partial charge in [0.2, 0.25) is 5.91 Å². The summed E-state index contributed by atoms with van der Waals surface area (Å²) in [6.45, 7) is 1.30. The van der Waals surface area contributed by atoms with Gasteiger partial charge in [0.05, 0.1) is 11.6 Å². The molecule has 8 heteroatoms. The van der Waals surface area contributed by atoms with Gasteiger partial charge in [-0.15, -0.1) is 0 Å². The van der Waals surface area contributed by atoms with Crippen LogP contribution in [-0.2, 0) is 17.4 Å². The van der Waals surface area contributed by atoms with Crippen molar-refractivity contribution in [2.24, 2.45) is 5.73 Å². The van der Waals surface area contributed by atoms with Gasteiger partial charge in [0.15, 0.2) is 0 Å². The van der Waals surface area contributed by atoms with E-state index in [4.69, 9.17) is 5.73 Å².